The molecule has 2 fully saturated rings. The van der Waals surface area contributed by atoms with Gasteiger partial charge in [-0.3, -0.25) is 15.0 Å². The summed E-state index contributed by atoms with van der Waals surface area (Å²) in [6, 6.07) is 9.65. The topological polar surface area (TPSA) is 99.5 Å². The van der Waals surface area contributed by atoms with Gasteiger partial charge in [-0.25, -0.2) is 9.48 Å². The molecule has 0 aliphatic heterocycles. The Hall–Kier alpha value is -2.87. The van der Waals surface area contributed by atoms with Crippen LogP contribution in [-0.2, 0) is 4.79 Å². The minimum atomic E-state index is -0.788. The fourth-order valence-corrected chi connectivity index (χ4v) is 3.88. The van der Waals surface area contributed by atoms with Gasteiger partial charge in [-0.15, -0.1) is 0 Å². The molecule has 1 aromatic carbocycles. The van der Waals surface area contributed by atoms with Crippen LogP contribution in [0.15, 0.2) is 36.5 Å². The third kappa shape index (κ3) is 4.76. The van der Waals surface area contributed by atoms with Crippen molar-refractivity contribution in [3.05, 3.63) is 42.1 Å². The molecule has 3 N–H and O–H groups in total. The van der Waals surface area contributed by atoms with Crippen LogP contribution >= 0.6 is 0 Å². The van der Waals surface area contributed by atoms with Gasteiger partial charge in [-0.05, 0) is 50.2 Å². The molecule has 154 valence electrons. The Kier molecular flexibility index (Phi) is 5.53. The smallest absolute Gasteiger partial charge is 0.320 e. The Morgan fingerprint density at radius 2 is 2.00 bits per heavy atom. The van der Waals surface area contributed by atoms with Crippen molar-refractivity contribution >= 4 is 17.8 Å². The van der Waals surface area contributed by atoms with E-state index in [1.807, 2.05) is 31.2 Å². The Bertz CT molecular complexity index is 886. The monoisotopic (exact) mass is 397 g/mol. The predicted molar refractivity (Wildman–Crippen MR) is 109 cm³/mol. The highest BCUT2D eigenvalue weighted by molar-refractivity contribution is 5.89. The summed E-state index contributed by atoms with van der Waals surface area (Å²) in [6.45, 7) is 2.93. The van der Waals surface area contributed by atoms with Gasteiger partial charge in [0.1, 0.15) is 5.82 Å². The van der Waals surface area contributed by atoms with Crippen LogP contribution in [0.4, 0.5) is 10.6 Å². The molecular weight excluding hydrogens is 370 g/mol. The minimum absolute atomic E-state index is 0.0605. The molecule has 2 amide bonds. The van der Waals surface area contributed by atoms with Crippen molar-refractivity contribution in [2.75, 3.05) is 18.4 Å². The maximum absolute atomic E-state index is 12.5. The molecule has 2 aliphatic carbocycles. The normalized spacial score (nSPS) is 20.9. The second-order valence-corrected chi connectivity index (χ2v) is 8.10. The zero-order valence-corrected chi connectivity index (χ0v) is 16.5. The van der Waals surface area contributed by atoms with E-state index < -0.39 is 5.97 Å². The first-order valence-corrected chi connectivity index (χ1v) is 10.1. The maximum atomic E-state index is 12.5. The van der Waals surface area contributed by atoms with Gasteiger partial charge in [0, 0.05) is 24.7 Å². The number of amides is 2. The van der Waals surface area contributed by atoms with Crippen LogP contribution in [0.5, 0.6) is 0 Å². The van der Waals surface area contributed by atoms with E-state index in [1.165, 1.54) is 12.8 Å². The Labute approximate surface area is 169 Å². The zero-order chi connectivity index (χ0) is 20.4. The predicted octanol–water partition coefficient (Wildman–Crippen LogP) is 2.63. The highest BCUT2D eigenvalue weighted by Gasteiger charge is 2.37. The second kappa shape index (κ2) is 8.24. The quantitative estimate of drug-likeness (QED) is 0.636. The summed E-state index contributed by atoms with van der Waals surface area (Å²) in [5.74, 6) is 0.463. The van der Waals surface area contributed by atoms with Gasteiger partial charge in [0.25, 0.3) is 0 Å². The lowest BCUT2D eigenvalue weighted by molar-refractivity contribution is -0.139. The maximum Gasteiger partial charge on any atom is 0.320 e. The molecule has 2 aliphatic rings. The molecule has 0 spiro atoms. The van der Waals surface area contributed by atoms with E-state index in [-0.39, 0.29) is 24.7 Å². The summed E-state index contributed by atoms with van der Waals surface area (Å²) in [6.07, 6.45) is 5.61. The molecule has 1 aromatic heterocycles. The standard InChI is InChI=1S/C21H27N5O3/c1-14-4-2-3-5-18(14)26-19(8-9-22-26)24-21(29)23-16-10-17(11-16)25(13-20(27)28)12-15-6-7-15/h2-5,8-9,15-17H,6-7,10-13H2,1H3,(H,27,28)(H2,23,24,29). The van der Waals surface area contributed by atoms with Crippen molar-refractivity contribution < 1.29 is 14.7 Å². The van der Waals surface area contributed by atoms with E-state index in [0.29, 0.717) is 11.7 Å². The Balaban J connectivity index is 1.30. The van der Waals surface area contributed by atoms with Crippen LogP contribution in [0.2, 0.25) is 0 Å². The molecule has 29 heavy (non-hydrogen) atoms. The number of carboxylic acid groups (broad SMARTS) is 1. The SMILES string of the molecule is Cc1ccccc1-n1nccc1NC(=O)NC1CC(N(CC(=O)O)CC2CC2)C1. The van der Waals surface area contributed by atoms with E-state index in [4.69, 9.17) is 5.11 Å². The molecule has 0 atom stereocenters. The zero-order valence-electron chi connectivity index (χ0n) is 16.5. The van der Waals surface area contributed by atoms with Gasteiger partial charge in [-0.1, -0.05) is 18.2 Å². The van der Waals surface area contributed by atoms with Crippen LogP contribution in [0.1, 0.15) is 31.2 Å². The minimum Gasteiger partial charge on any atom is -0.480 e. The lowest BCUT2D eigenvalue weighted by Gasteiger charge is -2.42. The highest BCUT2D eigenvalue weighted by Crippen LogP contribution is 2.33. The van der Waals surface area contributed by atoms with Crippen LogP contribution in [-0.4, -0.2) is 57.0 Å². The first kappa shape index (κ1) is 19.4. The van der Waals surface area contributed by atoms with Gasteiger partial charge >= 0.3 is 12.0 Å². The van der Waals surface area contributed by atoms with Gasteiger partial charge in [0.15, 0.2) is 0 Å². The van der Waals surface area contributed by atoms with E-state index in [1.54, 1.807) is 16.9 Å². The number of carbonyl (C=O) groups is 2. The highest BCUT2D eigenvalue weighted by atomic mass is 16.4. The largest absolute Gasteiger partial charge is 0.480 e. The van der Waals surface area contributed by atoms with Crippen molar-refractivity contribution in [1.29, 1.82) is 0 Å². The number of aliphatic carboxylic acids is 1. The van der Waals surface area contributed by atoms with Gasteiger partial charge < -0.3 is 10.4 Å². The first-order valence-electron chi connectivity index (χ1n) is 10.1. The lowest BCUT2D eigenvalue weighted by atomic mass is 9.85. The van der Waals surface area contributed by atoms with Gasteiger partial charge in [0.05, 0.1) is 18.4 Å². The third-order valence-corrected chi connectivity index (χ3v) is 5.72. The van der Waals surface area contributed by atoms with Crippen LogP contribution in [0.25, 0.3) is 5.69 Å². The summed E-state index contributed by atoms with van der Waals surface area (Å²) in [5, 5.41) is 19.3. The molecule has 4 rings (SSSR count). The van der Waals surface area contributed by atoms with E-state index in [2.05, 4.69) is 20.6 Å². The third-order valence-electron chi connectivity index (χ3n) is 5.72. The molecular formula is C21H27N5O3. The fraction of sp³-hybridized carbons (Fsp3) is 0.476. The molecule has 8 nitrogen and oxygen atoms in total. The number of benzene rings is 1. The number of aromatic nitrogens is 2. The van der Waals surface area contributed by atoms with E-state index >= 15 is 0 Å². The lowest BCUT2D eigenvalue weighted by Crippen LogP contribution is -2.56. The van der Waals surface area contributed by atoms with Crippen LogP contribution in [0.3, 0.4) is 0 Å². The van der Waals surface area contributed by atoms with Gasteiger partial charge in [-0.2, -0.15) is 5.10 Å². The van der Waals surface area contributed by atoms with Crippen LogP contribution in [0, 0.1) is 12.8 Å². The molecule has 0 bridgehead atoms. The number of hydrogen-bond donors (Lipinski definition) is 3. The number of hydrogen-bond acceptors (Lipinski definition) is 4. The fourth-order valence-electron chi connectivity index (χ4n) is 3.88. The average Bonchev–Trinajstić information content (AvgIpc) is 3.34. The van der Waals surface area contributed by atoms with Crippen LogP contribution < -0.4 is 10.6 Å². The first-order chi connectivity index (χ1) is 14.0. The Morgan fingerprint density at radius 3 is 2.69 bits per heavy atom. The van der Waals surface area contributed by atoms with E-state index in [9.17, 15) is 9.59 Å². The molecule has 0 unspecified atom stereocenters. The summed E-state index contributed by atoms with van der Waals surface area (Å²) in [4.78, 5) is 25.6. The van der Waals surface area contributed by atoms with Crippen molar-refractivity contribution in [2.24, 2.45) is 5.92 Å². The number of nitrogens with one attached hydrogen (secondary N) is 2. The van der Waals surface area contributed by atoms with Crippen molar-refractivity contribution in [1.82, 2.24) is 20.0 Å². The number of para-hydroxylation sites is 1. The number of rotatable bonds is 8. The number of aryl methyl sites for hydroxylation is 1. The number of nitrogens with zero attached hydrogens (tertiary/aromatic N) is 3. The summed E-state index contributed by atoms with van der Waals surface area (Å²) in [7, 11) is 0. The molecule has 8 heteroatoms. The number of carboxylic acids is 1. The Morgan fingerprint density at radius 1 is 1.24 bits per heavy atom. The van der Waals surface area contributed by atoms with Crippen molar-refractivity contribution in [3.63, 3.8) is 0 Å². The summed E-state index contributed by atoms with van der Waals surface area (Å²) < 4.78 is 1.71. The number of anilines is 1. The van der Waals surface area contributed by atoms with E-state index in [0.717, 1.165) is 30.6 Å². The van der Waals surface area contributed by atoms with Crippen molar-refractivity contribution in [3.8, 4) is 5.69 Å². The van der Waals surface area contributed by atoms with Gasteiger partial charge in [0.2, 0.25) is 0 Å². The number of carbonyl (C=O) groups excluding carboxylic acids is 1. The molecule has 0 saturated heterocycles. The average molecular weight is 397 g/mol. The number of urea groups is 1. The molecule has 1 heterocycles. The molecule has 2 saturated carbocycles. The molecule has 2 aromatic rings. The summed E-state index contributed by atoms with van der Waals surface area (Å²) >= 11 is 0. The second-order valence-electron chi connectivity index (χ2n) is 8.10. The summed E-state index contributed by atoms with van der Waals surface area (Å²) in [5.41, 5.74) is 1.98. The van der Waals surface area contributed by atoms with Crippen molar-refractivity contribution in [2.45, 2.75) is 44.7 Å². The molecule has 0 radical (unpaired) electrons.